The van der Waals surface area contributed by atoms with Crippen LogP contribution in [0.2, 0.25) is 0 Å². The fourth-order valence-corrected chi connectivity index (χ4v) is 3.26. The fraction of sp³-hybridized carbons (Fsp3) is 0.130. The first-order valence-corrected chi connectivity index (χ1v) is 8.95. The summed E-state index contributed by atoms with van der Waals surface area (Å²) >= 11 is 0. The summed E-state index contributed by atoms with van der Waals surface area (Å²) in [7, 11) is 4.57. The zero-order valence-corrected chi connectivity index (χ0v) is 16.3. The second kappa shape index (κ2) is 7.67. The molecular formula is C23H19NO5. The van der Waals surface area contributed by atoms with Gasteiger partial charge in [0.15, 0.2) is 17.2 Å². The summed E-state index contributed by atoms with van der Waals surface area (Å²) in [5.74, 6) is 1.02. The first kappa shape index (κ1) is 18.6. The second-order valence-corrected chi connectivity index (χ2v) is 6.32. The maximum atomic E-state index is 12.4. The zero-order valence-electron chi connectivity index (χ0n) is 16.3. The van der Waals surface area contributed by atoms with Crippen molar-refractivity contribution in [2.45, 2.75) is 0 Å². The van der Waals surface area contributed by atoms with Gasteiger partial charge < -0.3 is 18.9 Å². The first-order chi connectivity index (χ1) is 14.1. The number of fused-ring (bicyclic) bond motifs is 1. The lowest BCUT2D eigenvalue weighted by Crippen LogP contribution is -2.06. The van der Waals surface area contributed by atoms with E-state index in [1.54, 1.807) is 18.2 Å². The smallest absolute Gasteiger partial charge is 0.363 e. The van der Waals surface area contributed by atoms with Gasteiger partial charge in [-0.25, -0.2) is 9.79 Å². The van der Waals surface area contributed by atoms with Gasteiger partial charge in [0, 0.05) is 5.56 Å². The van der Waals surface area contributed by atoms with Gasteiger partial charge in [-0.3, -0.25) is 0 Å². The number of ether oxygens (including phenoxy) is 4. The number of cyclic esters (lactones) is 1. The molecule has 0 bridgehead atoms. The van der Waals surface area contributed by atoms with E-state index in [-0.39, 0.29) is 11.6 Å². The predicted molar refractivity (Wildman–Crippen MR) is 111 cm³/mol. The van der Waals surface area contributed by atoms with Crippen LogP contribution in [-0.4, -0.2) is 33.2 Å². The summed E-state index contributed by atoms with van der Waals surface area (Å²) < 4.78 is 21.5. The van der Waals surface area contributed by atoms with Crippen LogP contribution in [0.3, 0.4) is 0 Å². The van der Waals surface area contributed by atoms with Crippen molar-refractivity contribution in [1.29, 1.82) is 0 Å². The summed E-state index contributed by atoms with van der Waals surface area (Å²) in [6.07, 6.45) is 1.73. The Balaban J connectivity index is 1.77. The van der Waals surface area contributed by atoms with Crippen molar-refractivity contribution in [3.05, 3.63) is 71.4 Å². The Hall–Kier alpha value is -3.80. The molecule has 0 aliphatic carbocycles. The molecule has 0 N–H and O–H groups in total. The van der Waals surface area contributed by atoms with Gasteiger partial charge in [-0.1, -0.05) is 42.5 Å². The van der Waals surface area contributed by atoms with Crippen LogP contribution in [0.1, 0.15) is 11.1 Å². The van der Waals surface area contributed by atoms with Crippen LogP contribution in [0.5, 0.6) is 17.2 Å². The molecular weight excluding hydrogens is 370 g/mol. The van der Waals surface area contributed by atoms with E-state index in [1.807, 2.05) is 42.5 Å². The number of methoxy groups -OCH3 is 3. The van der Waals surface area contributed by atoms with Crippen LogP contribution >= 0.6 is 0 Å². The highest BCUT2D eigenvalue weighted by Crippen LogP contribution is 2.39. The average Bonchev–Trinajstić information content (AvgIpc) is 3.13. The third-order valence-electron chi connectivity index (χ3n) is 4.65. The highest BCUT2D eigenvalue weighted by atomic mass is 16.6. The number of hydrogen-bond acceptors (Lipinski definition) is 6. The Bertz CT molecular complexity index is 1130. The molecule has 1 aliphatic heterocycles. The lowest BCUT2D eigenvalue weighted by atomic mass is 10.0. The second-order valence-electron chi connectivity index (χ2n) is 6.32. The topological polar surface area (TPSA) is 66.4 Å². The van der Waals surface area contributed by atoms with E-state index in [1.165, 1.54) is 21.3 Å². The van der Waals surface area contributed by atoms with Gasteiger partial charge in [0.2, 0.25) is 11.6 Å². The third kappa shape index (κ3) is 3.40. The molecule has 3 aromatic rings. The van der Waals surface area contributed by atoms with Crippen molar-refractivity contribution in [3.8, 4) is 17.2 Å². The lowest BCUT2D eigenvalue weighted by Gasteiger charge is -2.13. The Morgan fingerprint density at radius 1 is 0.897 bits per heavy atom. The average molecular weight is 389 g/mol. The molecule has 6 heteroatoms. The number of benzene rings is 3. The van der Waals surface area contributed by atoms with Crippen molar-refractivity contribution in [2.24, 2.45) is 4.99 Å². The van der Waals surface area contributed by atoms with Crippen LogP contribution in [0, 0.1) is 0 Å². The van der Waals surface area contributed by atoms with Gasteiger partial charge in [0.25, 0.3) is 0 Å². The lowest BCUT2D eigenvalue weighted by molar-refractivity contribution is -0.129. The van der Waals surface area contributed by atoms with Crippen LogP contribution in [0.15, 0.2) is 65.3 Å². The van der Waals surface area contributed by atoms with Crippen molar-refractivity contribution in [2.75, 3.05) is 21.3 Å². The molecule has 6 nitrogen and oxygen atoms in total. The number of carbonyl (C=O) groups is 1. The molecule has 1 aliphatic rings. The molecule has 3 aromatic carbocycles. The van der Waals surface area contributed by atoms with Crippen LogP contribution < -0.4 is 14.2 Å². The van der Waals surface area contributed by atoms with E-state index in [9.17, 15) is 4.79 Å². The minimum atomic E-state index is -0.512. The maximum absolute atomic E-state index is 12.4. The van der Waals surface area contributed by atoms with E-state index in [0.717, 1.165) is 16.3 Å². The van der Waals surface area contributed by atoms with E-state index in [2.05, 4.69) is 4.99 Å². The molecule has 0 saturated heterocycles. The molecule has 0 fully saturated rings. The molecule has 0 atom stereocenters. The summed E-state index contributed by atoms with van der Waals surface area (Å²) in [6.45, 7) is 0. The molecule has 1 heterocycles. The standard InChI is InChI=1S/C23H19NO5/c1-26-19-12-16(13-20(27-2)21(19)28-3)22-24-18(23(25)29-22)11-15-9-6-8-14-7-4-5-10-17(14)15/h4-13H,1-3H3/b18-11+. The SMILES string of the molecule is COc1cc(C2=N/C(=C/c3cccc4ccccc34)C(=O)O2)cc(OC)c1OC. The first-order valence-electron chi connectivity index (χ1n) is 8.95. The third-order valence-corrected chi connectivity index (χ3v) is 4.65. The van der Waals surface area contributed by atoms with Crippen molar-refractivity contribution in [3.63, 3.8) is 0 Å². The Morgan fingerprint density at radius 2 is 1.59 bits per heavy atom. The van der Waals surface area contributed by atoms with E-state index in [4.69, 9.17) is 18.9 Å². The normalized spacial score (nSPS) is 14.7. The number of carbonyl (C=O) groups excluding carboxylic acids is 1. The van der Waals surface area contributed by atoms with E-state index in [0.29, 0.717) is 22.8 Å². The predicted octanol–water partition coefficient (Wildman–Crippen LogP) is 4.21. The van der Waals surface area contributed by atoms with E-state index < -0.39 is 5.97 Å². The molecule has 0 amide bonds. The monoisotopic (exact) mass is 389 g/mol. The van der Waals surface area contributed by atoms with Gasteiger partial charge in [-0.05, 0) is 34.5 Å². The molecule has 4 rings (SSSR count). The number of rotatable bonds is 5. The molecule has 146 valence electrons. The Kier molecular flexibility index (Phi) is 4.91. The molecule has 29 heavy (non-hydrogen) atoms. The van der Waals surface area contributed by atoms with Crippen LogP contribution in [-0.2, 0) is 9.53 Å². The van der Waals surface area contributed by atoms with Crippen LogP contribution in [0.4, 0.5) is 0 Å². The number of aliphatic imine (C=N–C) groups is 1. The minimum absolute atomic E-state index is 0.181. The number of hydrogen-bond donors (Lipinski definition) is 0. The maximum Gasteiger partial charge on any atom is 0.363 e. The van der Waals surface area contributed by atoms with Gasteiger partial charge >= 0.3 is 5.97 Å². The summed E-state index contributed by atoms with van der Waals surface area (Å²) in [5.41, 5.74) is 1.67. The van der Waals surface area contributed by atoms with Crippen LogP contribution in [0.25, 0.3) is 16.8 Å². The minimum Gasteiger partial charge on any atom is -0.493 e. The number of nitrogens with zero attached hydrogens (tertiary/aromatic N) is 1. The number of esters is 1. The molecule has 0 saturated carbocycles. The summed E-state index contributed by atoms with van der Waals surface area (Å²) in [6, 6.07) is 17.2. The zero-order chi connectivity index (χ0) is 20.4. The van der Waals surface area contributed by atoms with Gasteiger partial charge in [0.05, 0.1) is 21.3 Å². The Labute approximate surface area is 168 Å². The summed E-state index contributed by atoms with van der Waals surface area (Å²) in [4.78, 5) is 16.8. The summed E-state index contributed by atoms with van der Waals surface area (Å²) in [5, 5.41) is 2.12. The van der Waals surface area contributed by atoms with Gasteiger partial charge in [-0.15, -0.1) is 0 Å². The molecule has 0 unspecified atom stereocenters. The van der Waals surface area contributed by atoms with Crippen molar-refractivity contribution >= 4 is 28.7 Å². The quantitative estimate of drug-likeness (QED) is 0.483. The van der Waals surface area contributed by atoms with Crippen molar-refractivity contribution in [1.82, 2.24) is 0 Å². The largest absolute Gasteiger partial charge is 0.493 e. The molecule has 0 radical (unpaired) electrons. The van der Waals surface area contributed by atoms with Gasteiger partial charge in [0.1, 0.15) is 0 Å². The Morgan fingerprint density at radius 3 is 2.28 bits per heavy atom. The highest BCUT2D eigenvalue weighted by molar-refractivity contribution is 6.13. The van der Waals surface area contributed by atoms with Gasteiger partial charge in [-0.2, -0.15) is 0 Å². The van der Waals surface area contributed by atoms with E-state index >= 15 is 0 Å². The molecule has 0 aromatic heterocycles. The fourth-order valence-electron chi connectivity index (χ4n) is 3.26. The van der Waals surface area contributed by atoms with Crippen molar-refractivity contribution < 1.29 is 23.7 Å². The molecule has 0 spiro atoms. The highest BCUT2D eigenvalue weighted by Gasteiger charge is 2.26.